The molecule has 1 fully saturated rings. The Hall–Kier alpha value is -1.36. The molecular weight excluding hydrogens is 170 g/mol. The predicted octanol–water partition coefficient (Wildman–Crippen LogP) is -0.233. The Kier molecular flexibility index (Phi) is 1.63. The quantitative estimate of drug-likeness (QED) is 0.617. The van der Waals surface area contributed by atoms with E-state index in [1.54, 1.807) is 12.4 Å². The van der Waals surface area contributed by atoms with Gasteiger partial charge in [0, 0.05) is 12.1 Å². The van der Waals surface area contributed by atoms with Gasteiger partial charge in [0.1, 0.15) is 5.54 Å². The maximum Gasteiger partial charge on any atom is 0.326 e. The summed E-state index contributed by atoms with van der Waals surface area (Å²) in [6.07, 6.45) is 4.07. The van der Waals surface area contributed by atoms with Crippen LogP contribution in [0.1, 0.15) is 17.9 Å². The molecule has 0 bridgehead atoms. The first-order valence-corrected chi connectivity index (χ1v) is 4.04. The molecule has 5 nitrogen and oxygen atoms in total. The van der Waals surface area contributed by atoms with Crippen LogP contribution in [0.5, 0.6) is 0 Å². The molecule has 1 saturated carbocycles. The molecule has 0 radical (unpaired) electrons. The van der Waals surface area contributed by atoms with Crippen molar-refractivity contribution < 1.29 is 9.53 Å². The molecule has 2 atom stereocenters. The Morgan fingerprint density at radius 1 is 1.92 bits per heavy atom. The molecular formula is C8H11N3O2. The molecule has 1 aliphatic rings. The summed E-state index contributed by atoms with van der Waals surface area (Å²) in [4.78, 5) is 11.2. The average Bonchev–Trinajstić information content (AvgIpc) is 2.65. The molecule has 3 N–H and O–H groups in total. The monoisotopic (exact) mass is 181 g/mol. The minimum Gasteiger partial charge on any atom is -0.468 e. The number of aromatic nitrogens is 2. The Labute approximate surface area is 75.3 Å². The number of nitrogens with two attached hydrogens (primary N) is 1. The Morgan fingerprint density at radius 2 is 2.69 bits per heavy atom. The van der Waals surface area contributed by atoms with E-state index in [0.717, 1.165) is 5.56 Å². The second-order valence-corrected chi connectivity index (χ2v) is 3.32. The number of rotatable bonds is 2. The first-order chi connectivity index (χ1) is 6.18. The van der Waals surface area contributed by atoms with Crippen molar-refractivity contribution in [2.45, 2.75) is 17.9 Å². The van der Waals surface area contributed by atoms with E-state index in [1.165, 1.54) is 7.11 Å². The van der Waals surface area contributed by atoms with Crippen molar-refractivity contribution in [3.63, 3.8) is 0 Å². The molecule has 1 aromatic rings. The van der Waals surface area contributed by atoms with E-state index in [4.69, 9.17) is 5.73 Å². The maximum absolute atomic E-state index is 11.2. The van der Waals surface area contributed by atoms with Gasteiger partial charge >= 0.3 is 5.97 Å². The maximum atomic E-state index is 11.2. The lowest BCUT2D eigenvalue weighted by atomic mass is 10.1. The molecule has 5 heteroatoms. The van der Waals surface area contributed by atoms with Crippen molar-refractivity contribution in [1.82, 2.24) is 10.2 Å². The van der Waals surface area contributed by atoms with Gasteiger partial charge in [-0.1, -0.05) is 0 Å². The van der Waals surface area contributed by atoms with Gasteiger partial charge in [-0.2, -0.15) is 5.10 Å². The molecule has 0 saturated heterocycles. The summed E-state index contributed by atoms with van der Waals surface area (Å²) >= 11 is 0. The zero-order valence-corrected chi connectivity index (χ0v) is 7.28. The second kappa shape index (κ2) is 2.56. The van der Waals surface area contributed by atoms with E-state index < -0.39 is 5.54 Å². The summed E-state index contributed by atoms with van der Waals surface area (Å²) in [6.45, 7) is 0. The summed E-state index contributed by atoms with van der Waals surface area (Å²) in [7, 11) is 1.35. The van der Waals surface area contributed by atoms with Crippen LogP contribution in [0.15, 0.2) is 12.4 Å². The number of esters is 1. The van der Waals surface area contributed by atoms with Gasteiger partial charge in [-0.15, -0.1) is 0 Å². The van der Waals surface area contributed by atoms with Crippen LogP contribution in [0.4, 0.5) is 0 Å². The number of carbonyl (C=O) groups is 1. The zero-order valence-electron chi connectivity index (χ0n) is 7.28. The first kappa shape index (κ1) is 8.25. The Balaban J connectivity index is 2.14. The Bertz CT molecular complexity index is 322. The number of carbonyl (C=O) groups excluding carboxylic acids is 1. The van der Waals surface area contributed by atoms with Crippen molar-refractivity contribution in [3.05, 3.63) is 18.0 Å². The highest BCUT2D eigenvalue weighted by Gasteiger charge is 2.59. The number of methoxy groups -OCH3 is 1. The van der Waals surface area contributed by atoms with Crippen LogP contribution in [0.3, 0.4) is 0 Å². The highest BCUT2D eigenvalue weighted by Crippen LogP contribution is 2.49. The van der Waals surface area contributed by atoms with E-state index in [2.05, 4.69) is 14.9 Å². The van der Waals surface area contributed by atoms with Crippen molar-refractivity contribution in [1.29, 1.82) is 0 Å². The van der Waals surface area contributed by atoms with Crippen LogP contribution in [-0.4, -0.2) is 28.8 Å². The van der Waals surface area contributed by atoms with Gasteiger partial charge in [0.25, 0.3) is 0 Å². The number of hydrogen-bond donors (Lipinski definition) is 2. The van der Waals surface area contributed by atoms with Crippen molar-refractivity contribution in [2.24, 2.45) is 5.73 Å². The number of nitrogens with zero attached hydrogens (tertiary/aromatic N) is 1. The number of aromatic amines is 1. The molecule has 0 amide bonds. The highest BCUT2D eigenvalue weighted by molar-refractivity contribution is 5.86. The van der Waals surface area contributed by atoms with Crippen molar-refractivity contribution in [3.8, 4) is 0 Å². The lowest BCUT2D eigenvalue weighted by Gasteiger charge is -2.06. The second-order valence-electron chi connectivity index (χ2n) is 3.32. The third kappa shape index (κ3) is 1.12. The number of nitrogens with one attached hydrogen (secondary N) is 1. The fourth-order valence-electron chi connectivity index (χ4n) is 1.56. The van der Waals surface area contributed by atoms with Crippen LogP contribution >= 0.6 is 0 Å². The SMILES string of the molecule is COC(=O)[C@@]1(N)C[C@H]1c1cn[nH]c1. The minimum atomic E-state index is -0.821. The van der Waals surface area contributed by atoms with Crippen LogP contribution < -0.4 is 5.73 Å². The highest BCUT2D eigenvalue weighted by atomic mass is 16.5. The van der Waals surface area contributed by atoms with Crippen LogP contribution in [0.25, 0.3) is 0 Å². The van der Waals surface area contributed by atoms with E-state index in [9.17, 15) is 4.79 Å². The summed E-state index contributed by atoms with van der Waals surface area (Å²) < 4.78 is 4.61. The normalized spacial score (nSPS) is 31.4. The van der Waals surface area contributed by atoms with Gasteiger partial charge in [-0.25, -0.2) is 0 Å². The summed E-state index contributed by atoms with van der Waals surface area (Å²) in [5.74, 6) is -0.294. The van der Waals surface area contributed by atoms with Crippen molar-refractivity contribution in [2.75, 3.05) is 7.11 Å². The zero-order chi connectivity index (χ0) is 9.47. The molecule has 1 aliphatic carbocycles. The standard InChI is InChI=1S/C8H11N3O2/c1-13-7(12)8(9)2-6(8)5-3-10-11-4-5/h3-4,6H,2,9H2,1H3,(H,10,11)/t6-,8+/m0/s1. The van der Waals surface area contributed by atoms with Gasteiger partial charge in [0.05, 0.1) is 13.3 Å². The summed E-state index contributed by atoms with van der Waals surface area (Å²) in [6, 6.07) is 0. The first-order valence-electron chi connectivity index (χ1n) is 4.04. The minimum absolute atomic E-state index is 0.0544. The van der Waals surface area contributed by atoms with E-state index in [0.29, 0.717) is 6.42 Å². The van der Waals surface area contributed by atoms with E-state index in [1.807, 2.05) is 0 Å². The number of H-pyrrole nitrogens is 1. The fraction of sp³-hybridized carbons (Fsp3) is 0.500. The molecule has 0 unspecified atom stereocenters. The van der Waals surface area contributed by atoms with Gasteiger partial charge in [-0.05, 0) is 12.0 Å². The van der Waals surface area contributed by atoms with Crippen molar-refractivity contribution >= 4 is 5.97 Å². The smallest absolute Gasteiger partial charge is 0.326 e. The number of hydrogen-bond acceptors (Lipinski definition) is 4. The molecule has 70 valence electrons. The lowest BCUT2D eigenvalue weighted by Crippen LogP contribution is -2.35. The molecule has 13 heavy (non-hydrogen) atoms. The van der Waals surface area contributed by atoms with E-state index in [-0.39, 0.29) is 11.9 Å². The summed E-state index contributed by atoms with van der Waals surface area (Å²) in [5.41, 5.74) is 5.96. The lowest BCUT2D eigenvalue weighted by molar-refractivity contribution is -0.143. The topological polar surface area (TPSA) is 81.0 Å². The molecule has 0 spiro atoms. The van der Waals surface area contributed by atoms with E-state index >= 15 is 0 Å². The third-order valence-electron chi connectivity index (χ3n) is 2.49. The average molecular weight is 181 g/mol. The fourth-order valence-corrected chi connectivity index (χ4v) is 1.56. The summed E-state index contributed by atoms with van der Waals surface area (Å²) in [5, 5.41) is 6.49. The number of ether oxygens (including phenoxy) is 1. The Morgan fingerprint density at radius 3 is 3.23 bits per heavy atom. The van der Waals surface area contributed by atoms with Gasteiger partial charge < -0.3 is 10.5 Å². The molecule has 0 aliphatic heterocycles. The van der Waals surface area contributed by atoms with Gasteiger partial charge in [0.2, 0.25) is 0 Å². The molecule has 2 rings (SSSR count). The molecule has 1 heterocycles. The van der Waals surface area contributed by atoms with Crippen LogP contribution in [-0.2, 0) is 9.53 Å². The molecule has 1 aromatic heterocycles. The molecule has 0 aromatic carbocycles. The predicted molar refractivity (Wildman–Crippen MR) is 44.9 cm³/mol. The largest absolute Gasteiger partial charge is 0.468 e. The van der Waals surface area contributed by atoms with Gasteiger partial charge in [-0.3, -0.25) is 9.89 Å². The third-order valence-corrected chi connectivity index (χ3v) is 2.49. The van der Waals surface area contributed by atoms with Gasteiger partial charge in [0.15, 0.2) is 0 Å². The van der Waals surface area contributed by atoms with Crippen LogP contribution in [0.2, 0.25) is 0 Å². The van der Waals surface area contributed by atoms with Crippen LogP contribution in [0, 0.1) is 0 Å².